The first-order valence-corrected chi connectivity index (χ1v) is 8.68. The minimum atomic E-state index is -0.311. The van der Waals surface area contributed by atoms with Crippen LogP contribution in [0.5, 0.6) is 0 Å². The molecule has 2 aromatic carbocycles. The molecule has 0 radical (unpaired) electrons. The molecular formula is C18H14ClN3O2S. The Kier molecular flexibility index (Phi) is 5.11. The third-order valence-corrected chi connectivity index (χ3v) is 4.52. The molecule has 2 N–H and O–H groups in total. The van der Waals surface area contributed by atoms with Crippen molar-refractivity contribution in [3.63, 3.8) is 0 Å². The molecule has 0 saturated carbocycles. The first-order valence-electron chi connectivity index (χ1n) is 7.42. The van der Waals surface area contributed by atoms with Crippen LogP contribution >= 0.6 is 22.9 Å². The Balaban J connectivity index is 1.75. The van der Waals surface area contributed by atoms with Crippen LogP contribution in [-0.4, -0.2) is 16.8 Å². The maximum Gasteiger partial charge on any atom is 0.257 e. The summed E-state index contributed by atoms with van der Waals surface area (Å²) >= 11 is 7.55. The Labute approximate surface area is 153 Å². The van der Waals surface area contributed by atoms with Gasteiger partial charge < -0.3 is 5.32 Å². The number of halogens is 1. The zero-order valence-corrected chi connectivity index (χ0v) is 14.8. The molecule has 0 unspecified atom stereocenters. The molecule has 0 spiro atoms. The molecule has 0 aliphatic carbocycles. The zero-order chi connectivity index (χ0) is 17.8. The molecule has 3 aromatic rings. The minimum absolute atomic E-state index is 0.250. The summed E-state index contributed by atoms with van der Waals surface area (Å²) in [5, 5.41) is 8.02. The molecule has 2 amide bonds. The van der Waals surface area contributed by atoms with E-state index >= 15 is 0 Å². The highest BCUT2D eigenvalue weighted by Gasteiger charge is 2.13. The Morgan fingerprint density at radius 2 is 1.88 bits per heavy atom. The van der Waals surface area contributed by atoms with Gasteiger partial charge in [0.05, 0.1) is 10.7 Å². The lowest BCUT2D eigenvalue weighted by molar-refractivity contribution is 0.101. The van der Waals surface area contributed by atoms with E-state index in [1.807, 2.05) is 19.1 Å². The van der Waals surface area contributed by atoms with Gasteiger partial charge in [-0.15, -0.1) is 11.3 Å². The third kappa shape index (κ3) is 4.04. The topological polar surface area (TPSA) is 71.1 Å². The molecule has 0 atom stereocenters. The van der Waals surface area contributed by atoms with Crippen molar-refractivity contribution in [3.8, 4) is 0 Å². The molecule has 25 heavy (non-hydrogen) atoms. The minimum Gasteiger partial charge on any atom is -0.321 e. The number of hydrogen-bond donors (Lipinski definition) is 2. The number of nitrogens with zero attached hydrogens (tertiary/aromatic N) is 1. The summed E-state index contributed by atoms with van der Waals surface area (Å²) in [4.78, 5) is 28.5. The van der Waals surface area contributed by atoms with E-state index in [1.54, 1.807) is 35.8 Å². The van der Waals surface area contributed by atoms with Gasteiger partial charge in [0.1, 0.15) is 0 Å². The van der Waals surface area contributed by atoms with Gasteiger partial charge in [-0.1, -0.05) is 29.8 Å². The van der Waals surface area contributed by atoms with Crippen molar-refractivity contribution >= 4 is 45.6 Å². The summed E-state index contributed by atoms with van der Waals surface area (Å²) in [6, 6.07) is 12.0. The summed E-state index contributed by atoms with van der Waals surface area (Å²) in [5.74, 6) is -0.561. The maximum absolute atomic E-state index is 12.4. The van der Waals surface area contributed by atoms with Gasteiger partial charge in [-0.3, -0.25) is 14.9 Å². The standard InChI is InChI=1S/C18H14ClN3O2S/c1-11-4-2-3-5-13(11)17(24)21-15-7-6-12(10-14(15)19)16(23)22-18-20-8-9-25-18/h2-10H,1H3,(H,21,24)(H,20,22,23). The van der Waals surface area contributed by atoms with E-state index in [9.17, 15) is 9.59 Å². The van der Waals surface area contributed by atoms with Crippen LogP contribution in [0.25, 0.3) is 0 Å². The van der Waals surface area contributed by atoms with Crippen molar-refractivity contribution in [1.29, 1.82) is 0 Å². The average molecular weight is 372 g/mol. The summed E-state index contributed by atoms with van der Waals surface area (Å²) in [7, 11) is 0. The number of amides is 2. The molecule has 5 nitrogen and oxygen atoms in total. The van der Waals surface area contributed by atoms with Gasteiger partial charge in [-0.25, -0.2) is 4.98 Å². The number of anilines is 2. The van der Waals surface area contributed by atoms with E-state index in [-0.39, 0.29) is 16.8 Å². The number of nitrogens with one attached hydrogen (secondary N) is 2. The molecule has 0 bridgehead atoms. The highest BCUT2D eigenvalue weighted by atomic mass is 35.5. The fourth-order valence-electron chi connectivity index (χ4n) is 2.23. The van der Waals surface area contributed by atoms with Crippen LogP contribution in [0.3, 0.4) is 0 Å². The van der Waals surface area contributed by atoms with E-state index in [2.05, 4.69) is 15.6 Å². The summed E-state index contributed by atoms with van der Waals surface area (Å²) in [6.07, 6.45) is 1.61. The lowest BCUT2D eigenvalue weighted by atomic mass is 10.1. The van der Waals surface area contributed by atoms with Crippen LogP contribution in [-0.2, 0) is 0 Å². The number of hydrogen-bond acceptors (Lipinski definition) is 4. The number of aryl methyl sites for hydroxylation is 1. The van der Waals surface area contributed by atoms with Gasteiger partial charge in [0.25, 0.3) is 11.8 Å². The predicted molar refractivity (Wildman–Crippen MR) is 101 cm³/mol. The van der Waals surface area contributed by atoms with Crippen LogP contribution in [0, 0.1) is 6.92 Å². The normalized spacial score (nSPS) is 10.3. The molecule has 1 aromatic heterocycles. The monoisotopic (exact) mass is 371 g/mol. The Morgan fingerprint density at radius 1 is 1.08 bits per heavy atom. The van der Waals surface area contributed by atoms with Crippen LogP contribution in [0.2, 0.25) is 5.02 Å². The van der Waals surface area contributed by atoms with E-state index < -0.39 is 0 Å². The second-order valence-electron chi connectivity index (χ2n) is 5.26. The van der Waals surface area contributed by atoms with Crippen molar-refractivity contribution in [3.05, 3.63) is 75.8 Å². The van der Waals surface area contributed by atoms with Gasteiger partial charge in [0.15, 0.2) is 5.13 Å². The van der Waals surface area contributed by atoms with Gasteiger partial charge in [-0.05, 0) is 36.8 Å². The van der Waals surface area contributed by atoms with Crippen LogP contribution in [0.15, 0.2) is 54.0 Å². The largest absolute Gasteiger partial charge is 0.321 e. The number of benzene rings is 2. The third-order valence-electron chi connectivity index (χ3n) is 3.52. The second kappa shape index (κ2) is 7.46. The highest BCUT2D eigenvalue weighted by molar-refractivity contribution is 7.13. The van der Waals surface area contributed by atoms with Crippen molar-refractivity contribution in [1.82, 2.24) is 4.98 Å². The first kappa shape index (κ1) is 17.1. The number of aromatic nitrogens is 1. The van der Waals surface area contributed by atoms with Gasteiger partial charge in [0.2, 0.25) is 0 Å². The maximum atomic E-state index is 12.4. The lowest BCUT2D eigenvalue weighted by Gasteiger charge is -2.10. The molecule has 0 aliphatic heterocycles. The fourth-order valence-corrected chi connectivity index (χ4v) is 2.98. The van der Waals surface area contributed by atoms with Crippen molar-refractivity contribution in [2.45, 2.75) is 6.92 Å². The molecule has 7 heteroatoms. The average Bonchev–Trinajstić information content (AvgIpc) is 3.10. The zero-order valence-electron chi connectivity index (χ0n) is 13.2. The second-order valence-corrected chi connectivity index (χ2v) is 6.56. The molecule has 0 fully saturated rings. The molecule has 0 aliphatic rings. The quantitative estimate of drug-likeness (QED) is 0.703. The van der Waals surface area contributed by atoms with Gasteiger partial charge in [-0.2, -0.15) is 0 Å². The summed E-state index contributed by atoms with van der Waals surface area (Å²) in [6.45, 7) is 1.86. The molecule has 126 valence electrons. The SMILES string of the molecule is Cc1ccccc1C(=O)Nc1ccc(C(=O)Nc2nccs2)cc1Cl. The van der Waals surface area contributed by atoms with E-state index in [0.29, 0.717) is 21.9 Å². The lowest BCUT2D eigenvalue weighted by Crippen LogP contribution is -2.15. The summed E-state index contributed by atoms with van der Waals surface area (Å²) < 4.78 is 0. The number of carbonyl (C=O) groups excluding carboxylic acids is 2. The van der Waals surface area contributed by atoms with E-state index in [4.69, 9.17) is 11.6 Å². The number of carbonyl (C=O) groups is 2. The van der Waals surface area contributed by atoms with E-state index in [0.717, 1.165) is 5.56 Å². The van der Waals surface area contributed by atoms with E-state index in [1.165, 1.54) is 17.4 Å². The Bertz CT molecular complexity index is 926. The van der Waals surface area contributed by atoms with Crippen LogP contribution in [0.1, 0.15) is 26.3 Å². The highest BCUT2D eigenvalue weighted by Crippen LogP contribution is 2.25. The van der Waals surface area contributed by atoms with Gasteiger partial charge in [0, 0.05) is 22.7 Å². The van der Waals surface area contributed by atoms with Crippen LogP contribution in [0.4, 0.5) is 10.8 Å². The van der Waals surface area contributed by atoms with Crippen molar-refractivity contribution in [2.75, 3.05) is 10.6 Å². The summed E-state index contributed by atoms with van der Waals surface area (Å²) in [5.41, 5.74) is 2.27. The number of thiazole rings is 1. The van der Waals surface area contributed by atoms with Gasteiger partial charge >= 0.3 is 0 Å². The Hall–Kier alpha value is -2.70. The fraction of sp³-hybridized carbons (Fsp3) is 0.0556. The molecule has 1 heterocycles. The molecule has 0 saturated heterocycles. The Morgan fingerprint density at radius 3 is 2.56 bits per heavy atom. The molecular weight excluding hydrogens is 358 g/mol. The number of rotatable bonds is 4. The smallest absolute Gasteiger partial charge is 0.257 e. The van der Waals surface area contributed by atoms with Crippen molar-refractivity contribution < 1.29 is 9.59 Å². The molecule has 3 rings (SSSR count). The van der Waals surface area contributed by atoms with Crippen molar-refractivity contribution in [2.24, 2.45) is 0 Å². The first-order chi connectivity index (χ1) is 12.0. The predicted octanol–water partition coefficient (Wildman–Crippen LogP) is 4.61. The van der Waals surface area contributed by atoms with Crippen LogP contribution < -0.4 is 10.6 Å².